The van der Waals surface area contributed by atoms with E-state index in [0.29, 0.717) is 19.3 Å². The Labute approximate surface area is 335 Å². The van der Waals surface area contributed by atoms with Crippen molar-refractivity contribution in [2.75, 3.05) is 13.2 Å². The summed E-state index contributed by atoms with van der Waals surface area (Å²) in [5, 5.41) is 0. The highest BCUT2D eigenvalue weighted by Crippen LogP contribution is 2.11. The third kappa shape index (κ3) is 40.8. The van der Waals surface area contributed by atoms with Gasteiger partial charge in [-0.1, -0.05) is 162 Å². The van der Waals surface area contributed by atoms with Gasteiger partial charge >= 0.3 is 17.9 Å². The third-order valence-electron chi connectivity index (χ3n) is 8.07. The molecule has 0 aromatic carbocycles. The van der Waals surface area contributed by atoms with E-state index in [2.05, 4.69) is 87.6 Å². The monoisotopic (exact) mass is 759 g/mol. The quantitative estimate of drug-likeness (QED) is 0.0210. The molecule has 0 rings (SSSR count). The van der Waals surface area contributed by atoms with E-state index in [0.717, 1.165) is 96.3 Å². The van der Waals surface area contributed by atoms with Crippen LogP contribution in [0.1, 0.15) is 149 Å². The standard InChI is InChI=1S/C49H74O6/c1-4-7-10-13-16-19-22-25-28-30-33-36-39-42-48(51)54-45-46(55-49(52)43-40-37-34-31-27-24-21-18-15-12-9-6-3)44-53-47(50)41-38-35-32-29-26-23-20-17-14-11-8-5-2/h7-13,16-22,25,27-28,30-31,33,46H,4-6,14-15,23-24,26,29,32,34-45H2,1-3H3/b10-7-,11-8-,12-9-,16-13-,20-17-,21-18-,22-19-,28-25-,31-27-,33-30-. The number of carbonyl (C=O) groups is 3. The van der Waals surface area contributed by atoms with Gasteiger partial charge in [0.2, 0.25) is 0 Å². The van der Waals surface area contributed by atoms with Crippen LogP contribution in [-0.4, -0.2) is 37.2 Å². The molecule has 0 saturated heterocycles. The SMILES string of the molecule is CC\C=C/C=C\C=C/C=C\C=C/CCCC(=O)OCC(COC(=O)CCCCCCC/C=C\C/C=C\CC)OC(=O)CCCC/C=C\C/C=C\C/C=C\CC. The molecule has 6 heteroatoms. The highest BCUT2D eigenvalue weighted by atomic mass is 16.6. The summed E-state index contributed by atoms with van der Waals surface area (Å²) in [6, 6.07) is 0. The summed E-state index contributed by atoms with van der Waals surface area (Å²) in [5.74, 6) is -1.08. The summed E-state index contributed by atoms with van der Waals surface area (Å²) < 4.78 is 16.5. The maximum Gasteiger partial charge on any atom is 0.306 e. The van der Waals surface area contributed by atoms with Gasteiger partial charge in [-0.05, 0) is 89.9 Å². The minimum Gasteiger partial charge on any atom is -0.462 e. The van der Waals surface area contributed by atoms with Crippen LogP contribution in [0.4, 0.5) is 0 Å². The van der Waals surface area contributed by atoms with Crippen LogP contribution in [0.15, 0.2) is 122 Å². The van der Waals surface area contributed by atoms with Crippen molar-refractivity contribution in [3.8, 4) is 0 Å². The predicted molar refractivity (Wildman–Crippen MR) is 233 cm³/mol. The molecule has 0 aromatic heterocycles. The molecule has 1 unspecified atom stereocenters. The van der Waals surface area contributed by atoms with Gasteiger partial charge < -0.3 is 14.2 Å². The van der Waals surface area contributed by atoms with Gasteiger partial charge in [-0.25, -0.2) is 0 Å². The van der Waals surface area contributed by atoms with Crippen LogP contribution in [-0.2, 0) is 28.6 Å². The van der Waals surface area contributed by atoms with Crippen LogP contribution in [0.25, 0.3) is 0 Å². The van der Waals surface area contributed by atoms with Crippen LogP contribution < -0.4 is 0 Å². The molecule has 306 valence electrons. The van der Waals surface area contributed by atoms with Gasteiger partial charge in [-0.15, -0.1) is 0 Å². The second-order valence-electron chi connectivity index (χ2n) is 13.2. The minimum atomic E-state index is -0.833. The molecule has 0 aliphatic heterocycles. The molecule has 6 nitrogen and oxygen atoms in total. The van der Waals surface area contributed by atoms with Crippen molar-refractivity contribution in [2.45, 2.75) is 155 Å². The molecular weight excluding hydrogens is 685 g/mol. The van der Waals surface area contributed by atoms with E-state index in [-0.39, 0.29) is 44.0 Å². The number of unbranched alkanes of at least 4 members (excludes halogenated alkanes) is 8. The average Bonchev–Trinajstić information content (AvgIpc) is 3.18. The van der Waals surface area contributed by atoms with Crippen LogP contribution in [0.2, 0.25) is 0 Å². The lowest BCUT2D eigenvalue weighted by Crippen LogP contribution is -2.30. The number of hydrogen-bond donors (Lipinski definition) is 0. The highest BCUT2D eigenvalue weighted by Gasteiger charge is 2.19. The topological polar surface area (TPSA) is 78.9 Å². The summed E-state index contributed by atoms with van der Waals surface area (Å²) in [6.07, 6.45) is 57.7. The van der Waals surface area contributed by atoms with Crippen molar-refractivity contribution in [1.29, 1.82) is 0 Å². The number of hydrogen-bond acceptors (Lipinski definition) is 6. The zero-order chi connectivity index (χ0) is 40.1. The van der Waals surface area contributed by atoms with E-state index < -0.39 is 6.10 Å². The van der Waals surface area contributed by atoms with E-state index in [1.807, 2.05) is 54.7 Å². The van der Waals surface area contributed by atoms with Gasteiger partial charge in [0.25, 0.3) is 0 Å². The summed E-state index contributed by atoms with van der Waals surface area (Å²) in [4.78, 5) is 37.6. The first-order valence-corrected chi connectivity index (χ1v) is 21.1. The van der Waals surface area contributed by atoms with E-state index in [9.17, 15) is 14.4 Å². The lowest BCUT2D eigenvalue weighted by atomic mass is 10.1. The van der Waals surface area contributed by atoms with Crippen molar-refractivity contribution < 1.29 is 28.6 Å². The van der Waals surface area contributed by atoms with Gasteiger partial charge in [0.1, 0.15) is 13.2 Å². The van der Waals surface area contributed by atoms with Crippen LogP contribution in [0.3, 0.4) is 0 Å². The van der Waals surface area contributed by atoms with Crippen molar-refractivity contribution in [3.63, 3.8) is 0 Å². The zero-order valence-corrected chi connectivity index (χ0v) is 34.6. The Kier molecular flexibility index (Phi) is 39.3. The van der Waals surface area contributed by atoms with E-state index in [1.165, 1.54) is 0 Å². The fourth-order valence-electron chi connectivity index (χ4n) is 4.99. The lowest BCUT2D eigenvalue weighted by Gasteiger charge is -2.18. The molecule has 0 spiro atoms. The minimum absolute atomic E-state index is 0.128. The second kappa shape index (κ2) is 42.6. The zero-order valence-electron chi connectivity index (χ0n) is 34.6. The molecule has 0 aliphatic carbocycles. The summed E-state index contributed by atoms with van der Waals surface area (Å²) in [7, 11) is 0. The Morgan fingerprint density at radius 2 is 0.764 bits per heavy atom. The maximum atomic E-state index is 12.7. The molecule has 0 amide bonds. The molecule has 0 heterocycles. The first-order valence-electron chi connectivity index (χ1n) is 21.1. The number of rotatable bonds is 35. The largest absolute Gasteiger partial charge is 0.462 e. The van der Waals surface area contributed by atoms with Crippen molar-refractivity contribution in [3.05, 3.63) is 122 Å². The molecule has 1 atom stereocenters. The van der Waals surface area contributed by atoms with Crippen LogP contribution in [0.5, 0.6) is 0 Å². The first-order chi connectivity index (χ1) is 27.0. The molecule has 0 aliphatic rings. The van der Waals surface area contributed by atoms with Gasteiger partial charge in [-0.3, -0.25) is 14.4 Å². The molecule has 0 radical (unpaired) electrons. The summed E-state index contributed by atoms with van der Waals surface area (Å²) >= 11 is 0. The summed E-state index contributed by atoms with van der Waals surface area (Å²) in [6.45, 7) is 6.10. The third-order valence-corrected chi connectivity index (χ3v) is 8.07. The Hall–Kier alpha value is -4.19. The van der Waals surface area contributed by atoms with Crippen molar-refractivity contribution in [1.82, 2.24) is 0 Å². The summed E-state index contributed by atoms with van der Waals surface area (Å²) in [5.41, 5.74) is 0. The van der Waals surface area contributed by atoms with Crippen molar-refractivity contribution >= 4 is 17.9 Å². The predicted octanol–water partition coefficient (Wildman–Crippen LogP) is 13.4. The smallest absolute Gasteiger partial charge is 0.306 e. The number of esters is 3. The fraction of sp³-hybridized carbons (Fsp3) is 0.531. The lowest BCUT2D eigenvalue weighted by molar-refractivity contribution is -0.167. The highest BCUT2D eigenvalue weighted by molar-refractivity contribution is 5.71. The van der Waals surface area contributed by atoms with Gasteiger partial charge in [0, 0.05) is 19.3 Å². The molecule has 0 N–H and O–H groups in total. The van der Waals surface area contributed by atoms with Crippen LogP contribution >= 0.6 is 0 Å². The van der Waals surface area contributed by atoms with E-state index >= 15 is 0 Å². The fourth-order valence-corrected chi connectivity index (χ4v) is 4.99. The molecule has 0 saturated carbocycles. The molecule has 0 bridgehead atoms. The van der Waals surface area contributed by atoms with Crippen molar-refractivity contribution in [2.24, 2.45) is 0 Å². The average molecular weight is 759 g/mol. The van der Waals surface area contributed by atoms with E-state index in [1.54, 1.807) is 0 Å². The number of ether oxygens (including phenoxy) is 3. The molecule has 55 heavy (non-hydrogen) atoms. The molecule has 0 fully saturated rings. The Balaban J connectivity index is 4.62. The molecule has 0 aromatic rings. The molecular formula is C49H74O6. The number of carbonyl (C=O) groups excluding carboxylic acids is 3. The normalized spacial score (nSPS) is 13.3. The Morgan fingerprint density at radius 1 is 0.382 bits per heavy atom. The second-order valence-corrected chi connectivity index (χ2v) is 13.2. The van der Waals surface area contributed by atoms with Gasteiger partial charge in [0.05, 0.1) is 0 Å². The van der Waals surface area contributed by atoms with E-state index in [4.69, 9.17) is 14.2 Å². The Morgan fingerprint density at radius 3 is 1.33 bits per heavy atom. The number of allylic oxidation sites excluding steroid dienone is 20. The Bertz CT molecular complexity index is 1240. The van der Waals surface area contributed by atoms with Gasteiger partial charge in [0.15, 0.2) is 6.10 Å². The van der Waals surface area contributed by atoms with Gasteiger partial charge in [-0.2, -0.15) is 0 Å². The van der Waals surface area contributed by atoms with Crippen LogP contribution in [0, 0.1) is 0 Å². The first kappa shape index (κ1) is 50.8. The maximum absolute atomic E-state index is 12.7.